The third kappa shape index (κ3) is 2.17. The van der Waals surface area contributed by atoms with Crippen LogP contribution in [0.1, 0.15) is 0 Å². The van der Waals surface area contributed by atoms with Gasteiger partial charge in [-0.2, -0.15) is 4.73 Å². The van der Waals surface area contributed by atoms with E-state index in [0.717, 1.165) is 21.4 Å². The van der Waals surface area contributed by atoms with Gasteiger partial charge in [-0.15, -0.1) is 0 Å². The van der Waals surface area contributed by atoms with Crippen molar-refractivity contribution in [2.45, 2.75) is 0 Å². The molecule has 0 bridgehead atoms. The highest BCUT2D eigenvalue weighted by Crippen LogP contribution is 2.24. The number of aromatic nitrogens is 1. The van der Waals surface area contributed by atoms with Crippen molar-refractivity contribution < 1.29 is 9.47 Å². The minimum atomic E-state index is 0.574. The summed E-state index contributed by atoms with van der Waals surface area (Å²) in [5.41, 5.74) is 1.97. The first-order chi connectivity index (χ1) is 9.69. The van der Waals surface area contributed by atoms with E-state index in [1.807, 2.05) is 24.3 Å². The van der Waals surface area contributed by atoms with Gasteiger partial charge in [0.15, 0.2) is 0 Å². The van der Waals surface area contributed by atoms with Gasteiger partial charge in [0, 0.05) is 22.7 Å². The summed E-state index contributed by atoms with van der Waals surface area (Å²) in [5, 5.41) is 13.9. The second-order valence-electron chi connectivity index (χ2n) is 4.45. The molecular weight excluding hydrogens is 274 g/mol. The molecule has 3 rings (SSSR count). The maximum absolute atomic E-state index is 12.5. The minimum absolute atomic E-state index is 0.574. The minimum Gasteiger partial charge on any atom is -0.618 e. The second kappa shape index (κ2) is 5.02. The number of halogens is 1. The van der Waals surface area contributed by atoms with Crippen molar-refractivity contribution in [3.05, 3.63) is 64.8 Å². The molecule has 3 nitrogen and oxygen atoms in total. The molecule has 1 aromatic heterocycles. The highest BCUT2D eigenvalue weighted by Gasteiger charge is 2.13. The Morgan fingerprint density at radius 1 is 1.05 bits per heavy atom. The van der Waals surface area contributed by atoms with E-state index in [4.69, 9.17) is 16.3 Å². The van der Waals surface area contributed by atoms with E-state index in [1.54, 1.807) is 37.4 Å². The summed E-state index contributed by atoms with van der Waals surface area (Å²) < 4.78 is 6.08. The van der Waals surface area contributed by atoms with Crippen LogP contribution in [0, 0.1) is 5.21 Å². The molecule has 0 aliphatic rings. The van der Waals surface area contributed by atoms with Gasteiger partial charge in [0.2, 0.25) is 11.2 Å². The normalized spacial score (nSPS) is 10.7. The van der Waals surface area contributed by atoms with Crippen LogP contribution in [-0.2, 0) is 0 Å². The van der Waals surface area contributed by atoms with Crippen molar-refractivity contribution in [3.8, 4) is 17.0 Å². The third-order valence-electron chi connectivity index (χ3n) is 3.21. The molecule has 0 spiro atoms. The average molecular weight is 286 g/mol. The lowest BCUT2D eigenvalue weighted by atomic mass is 10.1. The van der Waals surface area contributed by atoms with Crippen LogP contribution in [0.5, 0.6) is 5.75 Å². The number of benzene rings is 2. The fraction of sp³-hybridized carbons (Fsp3) is 0.0625. The van der Waals surface area contributed by atoms with Crippen LogP contribution in [0.25, 0.3) is 22.2 Å². The largest absolute Gasteiger partial charge is 0.618 e. The van der Waals surface area contributed by atoms with Crippen LogP contribution >= 0.6 is 11.6 Å². The van der Waals surface area contributed by atoms with Gasteiger partial charge in [-0.1, -0.05) is 17.7 Å². The molecule has 4 heteroatoms. The Morgan fingerprint density at radius 2 is 1.90 bits per heavy atom. The molecular formula is C16H12ClNO2. The van der Waals surface area contributed by atoms with Gasteiger partial charge in [0.05, 0.1) is 12.5 Å². The number of ether oxygens (including phenoxy) is 1. The molecule has 0 radical (unpaired) electrons. The summed E-state index contributed by atoms with van der Waals surface area (Å²) in [5.74, 6) is 0.730. The van der Waals surface area contributed by atoms with E-state index in [2.05, 4.69) is 0 Å². The number of rotatable bonds is 2. The monoisotopic (exact) mass is 285 g/mol. The predicted octanol–water partition coefficient (Wildman–Crippen LogP) is 3.80. The number of methoxy groups -OCH3 is 1. The van der Waals surface area contributed by atoms with Crippen LogP contribution < -0.4 is 9.47 Å². The Bertz CT molecular complexity index is 787. The molecule has 0 saturated carbocycles. The van der Waals surface area contributed by atoms with Gasteiger partial charge in [0.25, 0.3) is 0 Å². The molecule has 20 heavy (non-hydrogen) atoms. The van der Waals surface area contributed by atoms with Crippen LogP contribution in [0.3, 0.4) is 0 Å². The van der Waals surface area contributed by atoms with Crippen molar-refractivity contribution in [1.82, 2.24) is 0 Å². The average Bonchev–Trinajstić information content (AvgIpc) is 2.47. The quantitative estimate of drug-likeness (QED) is 0.530. The van der Waals surface area contributed by atoms with Crippen molar-refractivity contribution in [3.63, 3.8) is 0 Å². The number of nitrogens with zero attached hydrogens (tertiary/aromatic N) is 1. The Hall–Kier alpha value is -2.26. The van der Waals surface area contributed by atoms with Crippen molar-refractivity contribution in [2.75, 3.05) is 7.11 Å². The van der Waals surface area contributed by atoms with Crippen molar-refractivity contribution >= 4 is 22.5 Å². The van der Waals surface area contributed by atoms with Crippen molar-refractivity contribution in [2.24, 2.45) is 0 Å². The predicted molar refractivity (Wildman–Crippen MR) is 79.9 cm³/mol. The standard InChI is InChI=1S/C16H12ClNO2/c1-20-14-6-8-16-12(10-14)5-7-15(18(16)19)11-3-2-4-13(17)9-11/h2-10H,1H3. The zero-order valence-corrected chi connectivity index (χ0v) is 11.6. The molecule has 0 N–H and O–H groups in total. The van der Waals surface area contributed by atoms with E-state index in [0.29, 0.717) is 16.2 Å². The molecule has 0 atom stereocenters. The zero-order chi connectivity index (χ0) is 14.1. The van der Waals surface area contributed by atoms with Crippen molar-refractivity contribution in [1.29, 1.82) is 0 Å². The van der Waals surface area contributed by atoms with Gasteiger partial charge in [-0.25, -0.2) is 0 Å². The Kier molecular flexibility index (Phi) is 3.20. The molecule has 0 unspecified atom stereocenters. The summed E-state index contributed by atoms with van der Waals surface area (Å²) in [6.45, 7) is 0. The SMILES string of the molecule is COc1ccc2c(ccc(-c3cccc(Cl)c3)[n+]2[O-])c1. The molecule has 0 amide bonds. The van der Waals surface area contributed by atoms with Gasteiger partial charge in [-0.05, 0) is 36.4 Å². The summed E-state index contributed by atoms with van der Waals surface area (Å²) in [6.07, 6.45) is 0. The second-order valence-corrected chi connectivity index (χ2v) is 4.88. The number of hydrogen-bond acceptors (Lipinski definition) is 2. The number of pyridine rings is 1. The Morgan fingerprint density at radius 3 is 2.65 bits per heavy atom. The molecule has 0 aliphatic carbocycles. The summed E-state index contributed by atoms with van der Waals surface area (Å²) in [6, 6.07) is 16.3. The summed E-state index contributed by atoms with van der Waals surface area (Å²) in [4.78, 5) is 0. The number of hydrogen-bond donors (Lipinski definition) is 0. The Labute approximate surface area is 121 Å². The van der Waals surface area contributed by atoms with Gasteiger partial charge in [-0.3, -0.25) is 0 Å². The first-order valence-electron chi connectivity index (χ1n) is 6.15. The highest BCUT2D eigenvalue weighted by atomic mass is 35.5. The van der Waals surface area contributed by atoms with Gasteiger partial charge < -0.3 is 9.94 Å². The molecule has 3 aromatic rings. The van der Waals surface area contributed by atoms with E-state index in [-0.39, 0.29) is 0 Å². The molecule has 100 valence electrons. The maximum Gasteiger partial charge on any atom is 0.224 e. The fourth-order valence-electron chi connectivity index (χ4n) is 2.21. The lowest BCUT2D eigenvalue weighted by Gasteiger charge is -2.08. The molecule has 1 heterocycles. The van der Waals surface area contributed by atoms with Crippen LogP contribution in [0.4, 0.5) is 0 Å². The van der Waals surface area contributed by atoms with Crippen LogP contribution in [0.15, 0.2) is 54.6 Å². The number of fused-ring (bicyclic) bond motifs is 1. The van der Waals surface area contributed by atoms with E-state index in [9.17, 15) is 5.21 Å². The zero-order valence-electron chi connectivity index (χ0n) is 10.8. The van der Waals surface area contributed by atoms with Gasteiger partial charge in [0.1, 0.15) is 5.75 Å². The topological polar surface area (TPSA) is 36.2 Å². The highest BCUT2D eigenvalue weighted by molar-refractivity contribution is 6.30. The first-order valence-corrected chi connectivity index (χ1v) is 6.53. The summed E-state index contributed by atoms with van der Waals surface area (Å²) in [7, 11) is 1.60. The molecule has 2 aromatic carbocycles. The Balaban J connectivity index is 2.21. The third-order valence-corrected chi connectivity index (χ3v) is 3.45. The first kappa shape index (κ1) is 12.8. The molecule has 0 saturated heterocycles. The summed E-state index contributed by atoms with van der Waals surface area (Å²) >= 11 is 5.98. The lowest BCUT2D eigenvalue weighted by Crippen LogP contribution is -2.29. The molecule has 0 aliphatic heterocycles. The lowest BCUT2D eigenvalue weighted by molar-refractivity contribution is -0.565. The molecule has 0 fully saturated rings. The van der Waals surface area contributed by atoms with Gasteiger partial charge >= 0.3 is 0 Å². The van der Waals surface area contributed by atoms with E-state index >= 15 is 0 Å². The van der Waals surface area contributed by atoms with E-state index < -0.39 is 0 Å². The van der Waals surface area contributed by atoms with Crippen LogP contribution in [-0.4, -0.2) is 7.11 Å². The van der Waals surface area contributed by atoms with Crippen LogP contribution in [0.2, 0.25) is 5.02 Å². The fourth-order valence-corrected chi connectivity index (χ4v) is 2.40. The smallest absolute Gasteiger partial charge is 0.224 e. The van der Waals surface area contributed by atoms with E-state index in [1.165, 1.54) is 0 Å². The maximum atomic E-state index is 12.5.